The van der Waals surface area contributed by atoms with Crippen molar-refractivity contribution in [3.8, 4) is 5.75 Å². The van der Waals surface area contributed by atoms with E-state index in [4.69, 9.17) is 5.11 Å². The van der Waals surface area contributed by atoms with Gasteiger partial charge >= 0.3 is 0 Å². The first kappa shape index (κ1) is 13.7. The van der Waals surface area contributed by atoms with E-state index in [9.17, 15) is 13.2 Å². The van der Waals surface area contributed by atoms with Crippen molar-refractivity contribution < 1.29 is 18.3 Å². The average molecular weight is 284 g/mol. The number of carbonyl (C=O) groups is 1. The second kappa shape index (κ2) is 5.48. The highest BCUT2D eigenvalue weighted by molar-refractivity contribution is 7.91. The smallest absolute Gasteiger partial charge is 0.239 e. The Balaban J connectivity index is 1.77. The van der Waals surface area contributed by atoms with Crippen LogP contribution in [0.2, 0.25) is 0 Å². The van der Waals surface area contributed by atoms with Gasteiger partial charge in [-0.25, -0.2) is 8.42 Å². The van der Waals surface area contributed by atoms with Crippen LogP contribution in [0.25, 0.3) is 0 Å². The third-order valence-corrected chi connectivity index (χ3v) is 4.69. The lowest BCUT2D eigenvalue weighted by Crippen LogP contribution is -2.39. The molecule has 0 bridgehead atoms. The quantitative estimate of drug-likeness (QED) is 0.682. The zero-order valence-corrected chi connectivity index (χ0v) is 11.1. The lowest BCUT2D eigenvalue weighted by atomic mass is 10.2. The fraction of sp³-hybridized carbons (Fsp3) is 0.417. The zero-order chi connectivity index (χ0) is 13.9. The number of hydrogen-bond donors (Lipinski definition) is 3. The molecule has 1 heterocycles. The largest absolute Gasteiger partial charge is 0.508 e. The van der Waals surface area contributed by atoms with E-state index in [-0.39, 0.29) is 35.7 Å². The van der Waals surface area contributed by atoms with Crippen LogP contribution in [0, 0.1) is 0 Å². The minimum atomic E-state index is -2.98. The van der Waals surface area contributed by atoms with Gasteiger partial charge in [0, 0.05) is 11.7 Å². The number of aromatic hydroxyl groups is 1. The van der Waals surface area contributed by atoms with Gasteiger partial charge in [0.15, 0.2) is 9.84 Å². The second-order valence-electron chi connectivity index (χ2n) is 4.57. The minimum Gasteiger partial charge on any atom is -0.508 e. The predicted octanol–water partition coefficient (Wildman–Crippen LogP) is 0.107. The molecule has 0 aromatic heterocycles. The van der Waals surface area contributed by atoms with Gasteiger partial charge in [0.05, 0.1) is 18.1 Å². The van der Waals surface area contributed by atoms with Gasteiger partial charge in [-0.05, 0) is 30.7 Å². The first-order chi connectivity index (χ1) is 8.94. The zero-order valence-electron chi connectivity index (χ0n) is 10.3. The molecule has 1 aliphatic rings. The standard InChI is InChI=1S/C12H16N2O4S/c15-11-3-1-9(2-4-11)13-7-12(16)14-10-5-6-19(17,18)8-10/h1-4,10,13,15H,5-8H2,(H,14,16)/t10-/m0/s1. The van der Waals surface area contributed by atoms with Crippen molar-refractivity contribution in [3.63, 3.8) is 0 Å². The molecule has 0 radical (unpaired) electrons. The molecule has 7 heteroatoms. The molecular weight excluding hydrogens is 268 g/mol. The fourth-order valence-electron chi connectivity index (χ4n) is 1.95. The molecular formula is C12H16N2O4S. The summed E-state index contributed by atoms with van der Waals surface area (Å²) >= 11 is 0. The predicted molar refractivity (Wildman–Crippen MR) is 71.8 cm³/mol. The highest BCUT2D eigenvalue weighted by atomic mass is 32.2. The van der Waals surface area contributed by atoms with E-state index in [1.807, 2.05) is 0 Å². The summed E-state index contributed by atoms with van der Waals surface area (Å²) in [5, 5.41) is 14.7. The van der Waals surface area contributed by atoms with E-state index in [1.54, 1.807) is 12.1 Å². The van der Waals surface area contributed by atoms with Gasteiger partial charge in [-0.15, -0.1) is 0 Å². The van der Waals surface area contributed by atoms with E-state index in [0.29, 0.717) is 12.1 Å². The molecule has 1 aromatic rings. The Morgan fingerprint density at radius 2 is 2.00 bits per heavy atom. The van der Waals surface area contributed by atoms with Crippen molar-refractivity contribution >= 4 is 21.4 Å². The maximum atomic E-state index is 11.6. The number of carbonyl (C=O) groups excluding carboxylic acids is 1. The van der Waals surface area contributed by atoms with E-state index >= 15 is 0 Å². The molecule has 1 aliphatic heterocycles. The molecule has 1 aromatic carbocycles. The minimum absolute atomic E-state index is 0.0257. The monoisotopic (exact) mass is 284 g/mol. The third kappa shape index (κ3) is 4.13. The topological polar surface area (TPSA) is 95.5 Å². The van der Waals surface area contributed by atoms with E-state index in [1.165, 1.54) is 12.1 Å². The third-order valence-electron chi connectivity index (χ3n) is 2.92. The summed E-state index contributed by atoms with van der Waals surface area (Å²) in [6, 6.07) is 6.07. The Bertz CT molecular complexity index is 554. The van der Waals surface area contributed by atoms with Crippen LogP contribution >= 0.6 is 0 Å². The Hall–Kier alpha value is -1.76. The van der Waals surface area contributed by atoms with Gasteiger partial charge in [0.1, 0.15) is 5.75 Å². The van der Waals surface area contributed by atoms with Gasteiger partial charge in [0.25, 0.3) is 0 Å². The van der Waals surface area contributed by atoms with Crippen LogP contribution in [0.1, 0.15) is 6.42 Å². The molecule has 1 fully saturated rings. The normalized spacial score (nSPS) is 20.9. The summed E-state index contributed by atoms with van der Waals surface area (Å²) in [6.07, 6.45) is 0.479. The van der Waals surface area contributed by atoms with E-state index in [0.717, 1.165) is 0 Å². The number of rotatable bonds is 4. The lowest BCUT2D eigenvalue weighted by Gasteiger charge is -2.11. The van der Waals surface area contributed by atoms with Crippen molar-refractivity contribution in [3.05, 3.63) is 24.3 Å². The summed E-state index contributed by atoms with van der Waals surface area (Å²) in [4.78, 5) is 11.6. The SMILES string of the molecule is O=C(CNc1ccc(O)cc1)N[C@H]1CCS(=O)(=O)C1. The second-order valence-corrected chi connectivity index (χ2v) is 6.80. The molecule has 6 nitrogen and oxygen atoms in total. The summed E-state index contributed by atoms with van der Waals surface area (Å²) in [7, 11) is -2.98. The number of anilines is 1. The Kier molecular flexibility index (Phi) is 3.94. The van der Waals surface area contributed by atoms with Crippen molar-refractivity contribution in [2.45, 2.75) is 12.5 Å². The molecule has 1 atom stereocenters. The molecule has 2 rings (SSSR count). The summed E-state index contributed by atoms with van der Waals surface area (Å²) < 4.78 is 22.5. The van der Waals surface area contributed by atoms with Crippen molar-refractivity contribution in [1.82, 2.24) is 5.32 Å². The maximum absolute atomic E-state index is 11.6. The lowest BCUT2D eigenvalue weighted by molar-refractivity contribution is -0.119. The Labute approximate surface area is 111 Å². The van der Waals surface area contributed by atoms with Crippen LogP contribution in [-0.4, -0.2) is 43.5 Å². The maximum Gasteiger partial charge on any atom is 0.239 e. The Morgan fingerprint density at radius 1 is 1.32 bits per heavy atom. The van der Waals surface area contributed by atoms with Gasteiger partial charge < -0.3 is 15.7 Å². The number of phenolic OH excluding ortho intramolecular Hbond substituents is 1. The fourth-order valence-corrected chi connectivity index (χ4v) is 3.62. The highest BCUT2D eigenvalue weighted by Gasteiger charge is 2.28. The summed E-state index contributed by atoms with van der Waals surface area (Å²) in [5.74, 6) is 0.0858. The molecule has 1 amide bonds. The summed E-state index contributed by atoms with van der Waals surface area (Å²) in [6.45, 7) is 0.0708. The van der Waals surface area contributed by atoms with Gasteiger partial charge in [0.2, 0.25) is 5.91 Å². The average Bonchev–Trinajstić information content (AvgIpc) is 2.68. The van der Waals surface area contributed by atoms with Gasteiger partial charge in [-0.1, -0.05) is 0 Å². The number of phenols is 1. The van der Waals surface area contributed by atoms with Crippen LogP contribution in [-0.2, 0) is 14.6 Å². The van der Waals surface area contributed by atoms with Crippen LogP contribution < -0.4 is 10.6 Å². The Morgan fingerprint density at radius 3 is 2.58 bits per heavy atom. The summed E-state index contributed by atoms with van der Waals surface area (Å²) in [5.41, 5.74) is 0.715. The van der Waals surface area contributed by atoms with Crippen LogP contribution in [0.5, 0.6) is 5.75 Å². The molecule has 0 saturated carbocycles. The molecule has 0 unspecified atom stereocenters. The number of hydrogen-bond acceptors (Lipinski definition) is 5. The van der Waals surface area contributed by atoms with Crippen LogP contribution in [0.4, 0.5) is 5.69 Å². The molecule has 104 valence electrons. The van der Waals surface area contributed by atoms with Gasteiger partial charge in [-0.3, -0.25) is 4.79 Å². The highest BCUT2D eigenvalue weighted by Crippen LogP contribution is 2.13. The van der Waals surface area contributed by atoms with E-state index in [2.05, 4.69) is 10.6 Å². The van der Waals surface area contributed by atoms with Crippen molar-refractivity contribution in [1.29, 1.82) is 0 Å². The number of sulfone groups is 1. The number of benzene rings is 1. The molecule has 19 heavy (non-hydrogen) atoms. The number of nitrogens with one attached hydrogen (secondary N) is 2. The van der Waals surface area contributed by atoms with Crippen molar-refractivity contribution in [2.75, 3.05) is 23.4 Å². The van der Waals surface area contributed by atoms with E-state index < -0.39 is 9.84 Å². The number of amides is 1. The first-order valence-corrected chi connectivity index (χ1v) is 7.79. The van der Waals surface area contributed by atoms with Gasteiger partial charge in [-0.2, -0.15) is 0 Å². The van der Waals surface area contributed by atoms with Crippen LogP contribution in [0.3, 0.4) is 0 Å². The van der Waals surface area contributed by atoms with Crippen molar-refractivity contribution in [2.24, 2.45) is 0 Å². The molecule has 0 spiro atoms. The molecule has 3 N–H and O–H groups in total. The first-order valence-electron chi connectivity index (χ1n) is 5.97. The van der Waals surface area contributed by atoms with Crippen LogP contribution in [0.15, 0.2) is 24.3 Å². The molecule has 0 aliphatic carbocycles. The molecule has 1 saturated heterocycles.